The fourth-order valence-electron chi connectivity index (χ4n) is 7.91. The van der Waals surface area contributed by atoms with Crippen molar-refractivity contribution in [2.24, 2.45) is 23.7 Å². The lowest BCUT2D eigenvalue weighted by molar-refractivity contribution is -0.160. The van der Waals surface area contributed by atoms with Crippen LogP contribution in [0.25, 0.3) is 33.3 Å². The second-order valence-electron chi connectivity index (χ2n) is 15.7. The number of hydrogen-bond acceptors (Lipinski definition) is 13. The number of fused-ring (bicyclic) bond motifs is 2. The number of Topliss-reactive ketones (excluding diaryl/α,β-unsaturated/α-hetero) is 1. The molecule has 3 aliphatic heterocycles. The highest BCUT2D eigenvalue weighted by Crippen LogP contribution is 2.50. The largest absolute Gasteiger partial charge is 0.507 e. The number of aryl methyl sites for hydroxylation is 1. The third-order valence-corrected chi connectivity index (χ3v) is 11.5. The molecule has 4 aliphatic rings. The van der Waals surface area contributed by atoms with E-state index in [1.54, 1.807) is 52.0 Å². The zero-order valence-corrected chi connectivity index (χ0v) is 34.2. The Morgan fingerprint density at radius 3 is 2.34 bits per heavy atom. The van der Waals surface area contributed by atoms with E-state index in [2.05, 4.69) is 5.32 Å². The number of aliphatic hydroxyl groups excluding tert-OH is 2. The van der Waals surface area contributed by atoms with Crippen LogP contribution in [0.5, 0.6) is 11.5 Å². The zero-order chi connectivity index (χ0) is 42.5. The number of anilines is 1. The predicted octanol–water partition coefficient (Wildman–Crippen LogP) is 6.26. The summed E-state index contributed by atoms with van der Waals surface area (Å²) in [6.07, 6.45) is 3.66. The SMILES string of the molecule is CO[C@H]1/C=C/O[C@@]2(C)Oc3c(C)c(O)c4c(=O)c(c5oc6cc(C)ccc6nc-5c4c3C2=O)NC(=O)/C(C)=C\C=C\[C@H](C)[C@H](O)[C@@H](C)[C@@H](O)[C@@H](C)[C@H](OC(C)=O)[C@@H]1C. The summed E-state index contributed by atoms with van der Waals surface area (Å²) in [5.74, 6) is -7.07. The number of ketones is 1. The van der Waals surface area contributed by atoms with Crippen LogP contribution in [0.15, 0.2) is 63.6 Å². The number of nitrogens with zero attached hydrogens (tertiary/aromatic N) is 1. The van der Waals surface area contributed by atoms with E-state index in [1.807, 2.05) is 13.0 Å². The van der Waals surface area contributed by atoms with Crippen molar-refractivity contribution in [3.05, 3.63) is 81.3 Å². The molecule has 1 aliphatic carbocycles. The number of methoxy groups -OCH3 is 1. The Labute approximate surface area is 335 Å². The van der Waals surface area contributed by atoms with Gasteiger partial charge in [0.1, 0.15) is 34.5 Å². The maximum atomic E-state index is 14.6. The fraction of sp³-hybridized carbons (Fsp3) is 0.432. The van der Waals surface area contributed by atoms with Crippen molar-refractivity contribution in [2.75, 3.05) is 12.4 Å². The second kappa shape index (κ2) is 16.0. The summed E-state index contributed by atoms with van der Waals surface area (Å²) in [5, 5.41) is 36.9. The summed E-state index contributed by atoms with van der Waals surface area (Å²) in [5.41, 5.74) is 0.585. The number of aromatic nitrogens is 1. The average Bonchev–Trinajstić information content (AvgIpc) is 3.45. The molecule has 4 N–H and O–H groups in total. The third-order valence-electron chi connectivity index (χ3n) is 11.5. The van der Waals surface area contributed by atoms with Crippen LogP contribution in [-0.4, -0.2) is 75.3 Å². The van der Waals surface area contributed by atoms with E-state index in [4.69, 9.17) is 28.3 Å². The van der Waals surface area contributed by atoms with Gasteiger partial charge < -0.3 is 44.0 Å². The van der Waals surface area contributed by atoms with E-state index < -0.39 is 82.7 Å². The van der Waals surface area contributed by atoms with Crippen LogP contribution in [0.2, 0.25) is 0 Å². The normalized spacial score (nSPS) is 30.4. The van der Waals surface area contributed by atoms with Crippen molar-refractivity contribution >= 4 is 45.2 Å². The van der Waals surface area contributed by atoms with Crippen LogP contribution in [0.1, 0.15) is 70.0 Å². The second-order valence-corrected chi connectivity index (χ2v) is 15.7. The molecule has 58 heavy (non-hydrogen) atoms. The quantitative estimate of drug-likeness (QED) is 0.101. The Morgan fingerprint density at radius 2 is 1.67 bits per heavy atom. The highest BCUT2D eigenvalue weighted by atomic mass is 16.7. The molecule has 9 atom stereocenters. The summed E-state index contributed by atoms with van der Waals surface area (Å²) in [6.45, 7) is 14.5. The van der Waals surface area contributed by atoms with Gasteiger partial charge in [-0.2, -0.15) is 0 Å². The number of benzene rings is 3. The number of hydrogen-bond donors (Lipinski definition) is 4. The smallest absolute Gasteiger partial charge is 0.312 e. The number of allylic oxidation sites excluding steroid dienone is 2. The highest BCUT2D eigenvalue weighted by Gasteiger charge is 2.50. The average molecular weight is 799 g/mol. The lowest BCUT2D eigenvalue weighted by Crippen LogP contribution is -2.46. The number of phenolic OH excluding ortho intramolecular Hbond substituents is 1. The molecule has 0 fully saturated rings. The standard InChI is InChI=1S/C44H50N2O12/c1-19-14-15-27-29(18-19)57-41-33(45-27)30-31-37(50)25(7)40-32(30)42(52)44(9,58-40)55-17-16-28(54-10)22(4)39(56-26(8)47)24(6)36(49)23(5)35(48)20(2)12-11-13-21(3)43(53)46-34(41)38(31)51/h11-18,20,22-24,28,35-36,39,48-50H,1-10H3,(H,46,53)/b12-11+,17-16+,21-13-/t20-,22+,23+,24+,28-,35-,36+,39+,44-/m0/s1. The first kappa shape index (κ1) is 42.0. The first-order valence-electron chi connectivity index (χ1n) is 19.2. The Kier molecular flexibility index (Phi) is 11.6. The van der Waals surface area contributed by atoms with E-state index in [9.17, 15) is 34.5 Å². The summed E-state index contributed by atoms with van der Waals surface area (Å²) >= 11 is 0. The Bertz CT molecular complexity index is 2430. The fourth-order valence-corrected chi connectivity index (χ4v) is 7.91. The number of carbonyl (C=O) groups is 3. The molecule has 0 spiro atoms. The van der Waals surface area contributed by atoms with Gasteiger partial charge in [-0.1, -0.05) is 52.0 Å². The molecule has 2 aromatic carbocycles. The molecule has 0 unspecified atom stereocenters. The molecule has 0 saturated carbocycles. The Balaban J connectivity index is 1.58. The molecule has 3 heterocycles. The van der Waals surface area contributed by atoms with Crippen LogP contribution < -0.4 is 15.5 Å². The minimum absolute atomic E-state index is 0.0126. The van der Waals surface area contributed by atoms with Crippen molar-refractivity contribution in [1.82, 2.24) is 4.98 Å². The van der Waals surface area contributed by atoms with Gasteiger partial charge in [-0.25, -0.2) is 4.98 Å². The van der Waals surface area contributed by atoms with E-state index >= 15 is 0 Å². The number of carbonyl (C=O) groups excluding carboxylic acids is 3. The van der Waals surface area contributed by atoms with Crippen LogP contribution in [-0.2, 0) is 23.8 Å². The molecule has 14 nitrogen and oxygen atoms in total. The van der Waals surface area contributed by atoms with Crippen LogP contribution >= 0.6 is 0 Å². The zero-order valence-electron chi connectivity index (χ0n) is 34.2. The van der Waals surface area contributed by atoms with E-state index in [1.165, 1.54) is 53.2 Å². The number of aromatic hydroxyl groups is 1. The highest BCUT2D eigenvalue weighted by molar-refractivity contribution is 6.22. The molecule has 0 aromatic heterocycles. The van der Waals surface area contributed by atoms with Crippen molar-refractivity contribution in [3.63, 3.8) is 0 Å². The minimum atomic E-state index is -2.01. The van der Waals surface area contributed by atoms with Gasteiger partial charge in [-0.3, -0.25) is 19.2 Å². The van der Waals surface area contributed by atoms with E-state index in [0.717, 1.165) is 5.56 Å². The van der Waals surface area contributed by atoms with Gasteiger partial charge in [0.2, 0.25) is 5.43 Å². The third kappa shape index (κ3) is 7.36. The Hall–Kier alpha value is -5.57. The van der Waals surface area contributed by atoms with Crippen LogP contribution in [0, 0.1) is 37.5 Å². The number of aliphatic hydroxyl groups is 2. The summed E-state index contributed by atoms with van der Waals surface area (Å²) in [4.78, 5) is 60.0. The van der Waals surface area contributed by atoms with Gasteiger partial charge in [0.15, 0.2) is 11.3 Å². The maximum absolute atomic E-state index is 14.6. The van der Waals surface area contributed by atoms with Gasteiger partial charge >= 0.3 is 11.8 Å². The molecule has 1 amide bonds. The molecule has 2 aromatic rings. The number of esters is 1. The van der Waals surface area contributed by atoms with Crippen molar-refractivity contribution in [3.8, 4) is 23.0 Å². The van der Waals surface area contributed by atoms with Crippen molar-refractivity contribution in [1.29, 1.82) is 0 Å². The molecule has 0 radical (unpaired) electrons. The molecule has 0 saturated heterocycles. The summed E-state index contributed by atoms with van der Waals surface area (Å²) in [6, 6.07) is 5.25. The number of ether oxygens (including phenoxy) is 4. The number of amides is 1. The van der Waals surface area contributed by atoms with Gasteiger partial charge in [0.25, 0.3) is 11.7 Å². The van der Waals surface area contributed by atoms with Crippen molar-refractivity contribution < 1.29 is 53.1 Å². The number of rotatable bonds is 2. The van der Waals surface area contributed by atoms with Gasteiger partial charge in [0, 0.05) is 61.2 Å². The van der Waals surface area contributed by atoms with Crippen LogP contribution in [0.3, 0.4) is 0 Å². The maximum Gasteiger partial charge on any atom is 0.312 e. The predicted molar refractivity (Wildman–Crippen MR) is 216 cm³/mol. The lowest BCUT2D eigenvalue weighted by atomic mass is 9.78. The monoisotopic (exact) mass is 798 g/mol. The first-order valence-corrected chi connectivity index (χ1v) is 19.2. The van der Waals surface area contributed by atoms with Crippen molar-refractivity contribution in [2.45, 2.75) is 92.5 Å². The number of nitrogens with one attached hydrogen (secondary N) is 1. The summed E-state index contributed by atoms with van der Waals surface area (Å²) in [7, 11) is 1.45. The topological polar surface area (TPSA) is 204 Å². The molecule has 308 valence electrons. The molecular weight excluding hydrogens is 748 g/mol. The van der Waals surface area contributed by atoms with Gasteiger partial charge in [-0.15, -0.1) is 0 Å². The molecule has 6 rings (SSSR count). The number of phenols is 1. The minimum Gasteiger partial charge on any atom is -0.507 e. The van der Waals surface area contributed by atoms with Crippen LogP contribution in [0.4, 0.5) is 5.69 Å². The van der Waals surface area contributed by atoms with E-state index in [-0.39, 0.29) is 50.4 Å². The molecule has 4 bridgehead atoms. The first-order chi connectivity index (χ1) is 27.3. The summed E-state index contributed by atoms with van der Waals surface area (Å²) < 4.78 is 30.1. The molecule has 14 heteroatoms. The van der Waals surface area contributed by atoms with E-state index in [0.29, 0.717) is 11.1 Å². The molecular formula is C44H50N2O12. The van der Waals surface area contributed by atoms with Gasteiger partial charge in [0.05, 0.1) is 35.5 Å². The Morgan fingerprint density at radius 1 is 0.966 bits per heavy atom. The lowest BCUT2D eigenvalue weighted by Gasteiger charge is -2.38. The van der Waals surface area contributed by atoms with Gasteiger partial charge in [-0.05, 0) is 44.5 Å².